The fourth-order valence-corrected chi connectivity index (χ4v) is 3.32. The molecular weight excluding hydrogens is 393 g/mol. The Kier molecular flexibility index (Phi) is 8.29. The first-order valence-electron chi connectivity index (χ1n) is 8.14. The van der Waals surface area contributed by atoms with Crippen molar-refractivity contribution in [2.45, 2.75) is 24.7 Å². The first-order valence-corrected chi connectivity index (χ1v) is 9.88. The molecule has 2 aromatic carbocycles. The van der Waals surface area contributed by atoms with Crippen molar-refractivity contribution in [1.82, 2.24) is 0 Å². The summed E-state index contributed by atoms with van der Waals surface area (Å²) in [5.41, 5.74) is 0.761. The first-order chi connectivity index (χ1) is 12.5. The van der Waals surface area contributed by atoms with Crippen LogP contribution < -0.4 is 5.32 Å². The van der Waals surface area contributed by atoms with Crippen molar-refractivity contribution in [2.24, 2.45) is 0 Å². The Labute approximate surface area is 167 Å². The molecule has 26 heavy (non-hydrogen) atoms. The Hall–Kier alpha value is -1.69. The van der Waals surface area contributed by atoms with Crippen LogP contribution in [0.5, 0.6) is 0 Å². The van der Waals surface area contributed by atoms with E-state index in [0.29, 0.717) is 22.2 Å². The van der Waals surface area contributed by atoms with E-state index < -0.39 is 5.97 Å². The number of rotatable bonds is 8. The predicted octanol–water partition coefficient (Wildman–Crippen LogP) is 5.68. The lowest BCUT2D eigenvalue weighted by molar-refractivity contribution is -0.116. The Morgan fingerprint density at radius 2 is 1.85 bits per heavy atom. The molecule has 7 heteroatoms. The minimum absolute atomic E-state index is 0.112. The highest BCUT2D eigenvalue weighted by Crippen LogP contribution is 2.23. The number of halogens is 2. The number of nitrogens with one attached hydrogen (secondary N) is 1. The van der Waals surface area contributed by atoms with Crippen LogP contribution in [0.25, 0.3) is 0 Å². The van der Waals surface area contributed by atoms with Crippen LogP contribution in [-0.2, 0) is 9.53 Å². The van der Waals surface area contributed by atoms with Crippen molar-refractivity contribution >= 4 is 52.5 Å². The zero-order chi connectivity index (χ0) is 18.9. The molecule has 0 aromatic heterocycles. The largest absolute Gasteiger partial charge is 0.462 e. The van der Waals surface area contributed by atoms with Gasteiger partial charge in [0.15, 0.2) is 0 Å². The average Bonchev–Trinajstić information content (AvgIpc) is 2.62. The van der Waals surface area contributed by atoms with E-state index in [4.69, 9.17) is 27.9 Å². The number of anilines is 1. The van der Waals surface area contributed by atoms with Gasteiger partial charge in [0.2, 0.25) is 5.91 Å². The molecule has 2 aromatic rings. The number of carbonyl (C=O) groups is 2. The highest BCUT2D eigenvalue weighted by molar-refractivity contribution is 7.99. The minimum Gasteiger partial charge on any atom is -0.462 e. The molecule has 2 rings (SSSR count). The van der Waals surface area contributed by atoms with Crippen molar-refractivity contribution in [1.29, 1.82) is 0 Å². The van der Waals surface area contributed by atoms with E-state index in [1.165, 1.54) is 6.07 Å². The maximum atomic E-state index is 12.1. The summed E-state index contributed by atoms with van der Waals surface area (Å²) in [6.07, 6.45) is 1.12. The van der Waals surface area contributed by atoms with Crippen LogP contribution in [0, 0.1) is 0 Å². The van der Waals surface area contributed by atoms with E-state index in [9.17, 15) is 9.59 Å². The van der Waals surface area contributed by atoms with Gasteiger partial charge < -0.3 is 10.1 Å². The zero-order valence-electron chi connectivity index (χ0n) is 14.3. The van der Waals surface area contributed by atoms with Gasteiger partial charge in [0.1, 0.15) is 0 Å². The summed E-state index contributed by atoms with van der Waals surface area (Å²) in [5, 5.41) is 3.78. The standard InChI is InChI=1S/C19H19Cl2NO3S/c1-2-25-19(24)16-12-14(7-10-17(16)21)22-18(23)4-3-11-26-15-8-5-13(20)6-9-15/h5-10,12H,2-4,11H2,1H3,(H,22,23). The van der Waals surface area contributed by atoms with Gasteiger partial charge in [0.05, 0.1) is 17.2 Å². The molecule has 0 aliphatic heterocycles. The second-order valence-electron chi connectivity index (χ2n) is 5.37. The molecule has 0 spiro atoms. The number of benzene rings is 2. The van der Waals surface area contributed by atoms with Gasteiger partial charge in [-0.05, 0) is 61.6 Å². The van der Waals surface area contributed by atoms with Gasteiger partial charge in [-0.15, -0.1) is 11.8 Å². The fourth-order valence-electron chi connectivity index (χ4n) is 2.15. The van der Waals surface area contributed by atoms with Gasteiger partial charge in [-0.3, -0.25) is 4.79 Å². The number of esters is 1. The SMILES string of the molecule is CCOC(=O)c1cc(NC(=O)CCCSc2ccc(Cl)cc2)ccc1Cl. The Morgan fingerprint density at radius 1 is 1.12 bits per heavy atom. The van der Waals surface area contributed by atoms with Crippen LogP contribution in [-0.4, -0.2) is 24.2 Å². The number of carbonyl (C=O) groups excluding carboxylic acids is 2. The number of ether oxygens (including phenoxy) is 1. The Bertz CT molecular complexity index is 766. The molecule has 1 N–H and O–H groups in total. The highest BCUT2D eigenvalue weighted by Gasteiger charge is 2.13. The third kappa shape index (κ3) is 6.56. The summed E-state index contributed by atoms with van der Waals surface area (Å²) in [7, 11) is 0. The topological polar surface area (TPSA) is 55.4 Å². The van der Waals surface area contributed by atoms with Crippen LogP contribution in [0.1, 0.15) is 30.1 Å². The van der Waals surface area contributed by atoms with Gasteiger partial charge in [0, 0.05) is 22.0 Å². The first kappa shape index (κ1) is 20.6. The van der Waals surface area contributed by atoms with Gasteiger partial charge in [0.25, 0.3) is 0 Å². The lowest BCUT2D eigenvalue weighted by atomic mass is 10.2. The third-order valence-electron chi connectivity index (χ3n) is 3.38. The molecule has 0 saturated carbocycles. The second kappa shape index (κ2) is 10.5. The molecule has 0 atom stereocenters. The smallest absolute Gasteiger partial charge is 0.339 e. The molecule has 0 saturated heterocycles. The van der Waals surface area contributed by atoms with E-state index in [1.54, 1.807) is 30.8 Å². The van der Waals surface area contributed by atoms with Crippen molar-refractivity contribution in [3.63, 3.8) is 0 Å². The maximum absolute atomic E-state index is 12.1. The minimum atomic E-state index is -0.507. The lowest BCUT2D eigenvalue weighted by Gasteiger charge is -2.09. The molecule has 1 amide bonds. The van der Waals surface area contributed by atoms with E-state index >= 15 is 0 Å². The maximum Gasteiger partial charge on any atom is 0.339 e. The van der Waals surface area contributed by atoms with Gasteiger partial charge in [-0.2, -0.15) is 0 Å². The Balaban J connectivity index is 1.81. The normalized spacial score (nSPS) is 10.4. The molecule has 4 nitrogen and oxygen atoms in total. The van der Waals surface area contributed by atoms with E-state index in [1.807, 2.05) is 24.3 Å². The molecule has 0 fully saturated rings. The van der Waals surface area contributed by atoms with Crippen molar-refractivity contribution in [2.75, 3.05) is 17.7 Å². The van der Waals surface area contributed by atoms with Gasteiger partial charge >= 0.3 is 5.97 Å². The summed E-state index contributed by atoms with van der Waals surface area (Å²) >= 11 is 13.5. The van der Waals surface area contributed by atoms with Crippen LogP contribution in [0.15, 0.2) is 47.4 Å². The molecular formula is C19H19Cl2NO3S. The van der Waals surface area contributed by atoms with Crippen LogP contribution in [0.4, 0.5) is 5.69 Å². The van der Waals surface area contributed by atoms with Crippen LogP contribution >= 0.6 is 35.0 Å². The highest BCUT2D eigenvalue weighted by atomic mass is 35.5. The fraction of sp³-hybridized carbons (Fsp3) is 0.263. The molecule has 0 heterocycles. The monoisotopic (exact) mass is 411 g/mol. The average molecular weight is 412 g/mol. The third-order valence-corrected chi connectivity index (χ3v) is 5.06. The molecule has 0 aliphatic rings. The molecule has 0 aliphatic carbocycles. The van der Waals surface area contributed by atoms with Crippen molar-refractivity contribution in [3.05, 3.63) is 58.1 Å². The van der Waals surface area contributed by atoms with Gasteiger partial charge in [-0.25, -0.2) is 4.79 Å². The molecule has 0 radical (unpaired) electrons. The number of hydrogen-bond acceptors (Lipinski definition) is 4. The lowest BCUT2D eigenvalue weighted by Crippen LogP contribution is -2.13. The van der Waals surface area contributed by atoms with Crippen LogP contribution in [0.2, 0.25) is 10.0 Å². The zero-order valence-corrected chi connectivity index (χ0v) is 16.6. The van der Waals surface area contributed by atoms with Crippen molar-refractivity contribution < 1.29 is 14.3 Å². The number of amides is 1. The van der Waals surface area contributed by atoms with E-state index in [2.05, 4.69) is 5.32 Å². The summed E-state index contributed by atoms with van der Waals surface area (Å²) in [5.74, 6) is 0.204. The second-order valence-corrected chi connectivity index (χ2v) is 7.38. The van der Waals surface area contributed by atoms with Crippen LogP contribution in [0.3, 0.4) is 0 Å². The summed E-state index contributed by atoms with van der Waals surface area (Å²) in [6, 6.07) is 12.4. The van der Waals surface area contributed by atoms with E-state index in [-0.39, 0.29) is 18.1 Å². The van der Waals surface area contributed by atoms with Crippen molar-refractivity contribution in [3.8, 4) is 0 Å². The quantitative estimate of drug-likeness (QED) is 0.344. The predicted molar refractivity (Wildman–Crippen MR) is 107 cm³/mol. The molecule has 0 bridgehead atoms. The summed E-state index contributed by atoms with van der Waals surface area (Å²) < 4.78 is 4.95. The molecule has 0 unspecified atom stereocenters. The summed E-state index contributed by atoms with van der Waals surface area (Å²) in [4.78, 5) is 25.0. The Morgan fingerprint density at radius 3 is 2.54 bits per heavy atom. The number of hydrogen-bond donors (Lipinski definition) is 1. The number of thioether (sulfide) groups is 1. The van der Waals surface area contributed by atoms with E-state index in [0.717, 1.165) is 17.1 Å². The van der Waals surface area contributed by atoms with Gasteiger partial charge in [-0.1, -0.05) is 23.2 Å². The summed E-state index contributed by atoms with van der Waals surface area (Å²) in [6.45, 7) is 1.98. The molecule has 138 valence electrons.